The average Bonchev–Trinajstić information content (AvgIpc) is 2.63. The van der Waals surface area contributed by atoms with Crippen molar-refractivity contribution in [1.29, 1.82) is 0 Å². The van der Waals surface area contributed by atoms with Crippen molar-refractivity contribution >= 4 is 15.7 Å². The molecule has 0 N–H and O–H groups in total. The molecule has 1 aliphatic rings. The average molecular weight is 303 g/mol. The van der Waals surface area contributed by atoms with Crippen LogP contribution in [-0.2, 0) is 19.4 Å². The van der Waals surface area contributed by atoms with Crippen molar-refractivity contribution in [1.82, 2.24) is 4.90 Å². The number of hydrogen-bond donors (Lipinski definition) is 0. The number of sulfone groups is 1. The molecule has 1 saturated heterocycles. The monoisotopic (exact) mass is 303 g/mol. The first kappa shape index (κ1) is 16.2. The molecule has 2 atom stereocenters. The highest BCUT2D eigenvalue weighted by molar-refractivity contribution is 7.91. The summed E-state index contributed by atoms with van der Waals surface area (Å²) in [6, 6.07) is -0.491. The van der Waals surface area contributed by atoms with Gasteiger partial charge in [0.05, 0.1) is 11.5 Å². The highest BCUT2D eigenvalue weighted by Gasteiger charge is 2.35. The third-order valence-electron chi connectivity index (χ3n) is 2.95. The Hall–Kier alpha value is -0.830. The Morgan fingerprint density at radius 3 is 2.47 bits per heavy atom. The van der Waals surface area contributed by atoms with Gasteiger partial charge in [-0.15, -0.1) is 0 Å². The molecule has 1 amide bonds. The van der Waals surface area contributed by atoms with Gasteiger partial charge in [0.15, 0.2) is 9.84 Å². The van der Waals surface area contributed by atoms with Gasteiger partial charge >= 0.3 is 6.18 Å². The standard InChI is InChI=1S/C10H16F3NO4S/c1-7(18-6-10(11,12)13)9(15)14(2)8-3-4-19(16,17)5-8/h7-8H,3-6H2,1-2H3. The van der Waals surface area contributed by atoms with Crippen molar-refractivity contribution in [3.8, 4) is 0 Å². The topological polar surface area (TPSA) is 63.7 Å². The summed E-state index contributed by atoms with van der Waals surface area (Å²) in [5.74, 6) is -0.805. The van der Waals surface area contributed by atoms with Crippen LogP contribution in [-0.4, -0.2) is 62.7 Å². The van der Waals surface area contributed by atoms with Crippen LogP contribution < -0.4 is 0 Å². The van der Waals surface area contributed by atoms with Gasteiger partial charge in [-0.3, -0.25) is 4.79 Å². The molecule has 19 heavy (non-hydrogen) atoms. The van der Waals surface area contributed by atoms with Gasteiger partial charge in [0.1, 0.15) is 12.7 Å². The van der Waals surface area contributed by atoms with Gasteiger partial charge in [0, 0.05) is 13.1 Å². The fraction of sp³-hybridized carbons (Fsp3) is 0.900. The van der Waals surface area contributed by atoms with Crippen LogP contribution in [0.4, 0.5) is 13.2 Å². The van der Waals surface area contributed by atoms with E-state index in [9.17, 15) is 26.4 Å². The van der Waals surface area contributed by atoms with Crippen LogP contribution in [0, 0.1) is 0 Å². The second kappa shape index (κ2) is 5.66. The van der Waals surface area contributed by atoms with Gasteiger partial charge in [-0.05, 0) is 13.3 Å². The summed E-state index contributed by atoms with van der Waals surface area (Å²) in [7, 11) is -1.77. The maximum absolute atomic E-state index is 12.0. The number of amides is 1. The summed E-state index contributed by atoms with van der Waals surface area (Å²) in [6.07, 6.45) is -5.45. The molecule has 1 fully saturated rings. The van der Waals surface area contributed by atoms with E-state index >= 15 is 0 Å². The number of carbonyl (C=O) groups excluding carboxylic acids is 1. The van der Waals surface area contributed by atoms with Gasteiger partial charge in [0.2, 0.25) is 0 Å². The zero-order valence-corrected chi connectivity index (χ0v) is 11.4. The van der Waals surface area contributed by atoms with E-state index in [1.807, 2.05) is 0 Å². The number of alkyl halides is 3. The number of hydrogen-bond acceptors (Lipinski definition) is 4. The number of halogens is 3. The molecule has 0 saturated carbocycles. The third kappa shape index (κ3) is 4.98. The highest BCUT2D eigenvalue weighted by atomic mass is 32.2. The van der Waals surface area contributed by atoms with Crippen LogP contribution in [0.25, 0.3) is 0 Å². The first-order chi connectivity index (χ1) is 8.52. The SMILES string of the molecule is CC(OCC(F)(F)F)C(=O)N(C)C1CCS(=O)(=O)C1. The molecule has 0 bridgehead atoms. The quantitative estimate of drug-likeness (QED) is 0.763. The maximum atomic E-state index is 12.0. The molecule has 0 aromatic rings. The minimum atomic E-state index is -4.50. The van der Waals surface area contributed by atoms with Gasteiger partial charge in [0.25, 0.3) is 5.91 Å². The number of carbonyl (C=O) groups is 1. The first-order valence-electron chi connectivity index (χ1n) is 5.67. The lowest BCUT2D eigenvalue weighted by molar-refractivity contribution is -0.188. The minimum absolute atomic E-state index is 0.00687. The Morgan fingerprint density at radius 2 is 2.05 bits per heavy atom. The largest absolute Gasteiger partial charge is 0.411 e. The molecule has 0 spiro atoms. The van der Waals surface area contributed by atoms with E-state index in [4.69, 9.17) is 0 Å². The van der Waals surface area contributed by atoms with Crippen LogP contribution in [0.3, 0.4) is 0 Å². The Labute approximate surface area is 109 Å². The fourth-order valence-corrected chi connectivity index (χ4v) is 3.61. The summed E-state index contributed by atoms with van der Waals surface area (Å²) in [6.45, 7) is -0.287. The van der Waals surface area contributed by atoms with E-state index < -0.39 is 40.7 Å². The van der Waals surface area contributed by atoms with Crippen molar-refractivity contribution in [2.75, 3.05) is 25.2 Å². The van der Waals surface area contributed by atoms with Gasteiger partial charge in [-0.1, -0.05) is 0 Å². The molecular weight excluding hydrogens is 287 g/mol. The molecule has 1 aliphatic heterocycles. The van der Waals surface area contributed by atoms with Crippen LogP contribution >= 0.6 is 0 Å². The van der Waals surface area contributed by atoms with E-state index in [1.165, 1.54) is 14.0 Å². The molecule has 112 valence electrons. The maximum Gasteiger partial charge on any atom is 0.411 e. The number of likely N-dealkylation sites (N-methyl/N-ethyl adjacent to an activating group) is 1. The van der Waals surface area contributed by atoms with Crippen molar-refractivity contribution in [3.63, 3.8) is 0 Å². The second-order valence-electron chi connectivity index (χ2n) is 4.57. The van der Waals surface area contributed by atoms with E-state index in [1.54, 1.807) is 0 Å². The van der Waals surface area contributed by atoms with Crippen molar-refractivity contribution in [3.05, 3.63) is 0 Å². The minimum Gasteiger partial charge on any atom is -0.359 e. The normalized spacial score (nSPS) is 24.2. The molecule has 1 heterocycles. The van der Waals surface area contributed by atoms with Crippen molar-refractivity contribution in [2.24, 2.45) is 0 Å². The second-order valence-corrected chi connectivity index (χ2v) is 6.80. The lowest BCUT2D eigenvalue weighted by Gasteiger charge is -2.26. The first-order valence-corrected chi connectivity index (χ1v) is 7.49. The summed E-state index contributed by atoms with van der Waals surface area (Å²) in [4.78, 5) is 13.0. The third-order valence-corrected chi connectivity index (χ3v) is 4.70. The molecule has 0 aromatic carbocycles. The van der Waals surface area contributed by atoms with Crippen LogP contribution in [0.1, 0.15) is 13.3 Å². The highest BCUT2D eigenvalue weighted by Crippen LogP contribution is 2.19. The van der Waals surface area contributed by atoms with Gasteiger partial charge in [-0.25, -0.2) is 8.42 Å². The number of rotatable bonds is 4. The number of ether oxygens (including phenoxy) is 1. The van der Waals surface area contributed by atoms with Crippen LogP contribution in [0.2, 0.25) is 0 Å². The van der Waals surface area contributed by atoms with Crippen molar-refractivity contribution < 1.29 is 31.1 Å². The van der Waals surface area contributed by atoms with Gasteiger partial charge < -0.3 is 9.64 Å². The molecule has 1 rings (SSSR count). The molecule has 9 heteroatoms. The smallest absolute Gasteiger partial charge is 0.359 e. The predicted octanol–water partition coefficient (Wildman–Crippen LogP) is 0.599. The van der Waals surface area contributed by atoms with Crippen LogP contribution in [0.15, 0.2) is 0 Å². The summed E-state index contributed by atoms with van der Waals surface area (Å²) >= 11 is 0. The molecule has 0 aromatic heterocycles. The Morgan fingerprint density at radius 1 is 1.47 bits per heavy atom. The lowest BCUT2D eigenvalue weighted by Crippen LogP contribution is -2.44. The predicted molar refractivity (Wildman–Crippen MR) is 61.3 cm³/mol. The van der Waals surface area contributed by atoms with E-state index in [0.29, 0.717) is 6.42 Å². The van der Waals surface area contributed by atoms with Gasteiger partial charge in [-0.2, -0.15) is 13.2 Å². The molecular formula is C10H16F3NO4S. The van der Waals surface area contributed by atoms with E-state index in [2.05, 4.69) is 4.74 Å². The summed E-state index contributed by atoms with van der Waals surface area (Å²) in [5.41, 5.74) is 0. The molecule has 2 unspecified atom stereocenters. The Bertz CT molecular complexity index is 435. The molecule has 0 radical (unpaired) electrons. The Balaban J connectivity index is 2.53. The van der Waals surface area contributed by atoms with E-state index in [-0.39, 0.29) is 11.5 Å². The fourth-order valence-electron chi connectivity index (χ4n) is 1.84. The zero-order valence-electron chi connectivity index (χ0n) is 10.6. The lowest BCUT2D eigenvalue weighted by atomic mass is 10.2. The molecule has 0 aliphatic carbocycles. The van der Waals surface area contributed by atoms with Crippen LogP contribution in [0.5, 0.6) is 0 Å². The summed E-state index contributed by atoms with van der Waals surface area (Å²) < 4.78 is 62.9. The molecule has 5 nitrogen and oxygen atoms in total. The van der Waals surface area contributed by atoms with E-state index in [0.717, 1.165) is 4.90 Å². The Kier molecular flexibility index (Phi) is 4.83. The van der Waals surface area contributed by atoms with Crippen molar-refractivity contribution in [2.45, 2.75) is 31.7 Å². The zero-order chi connectivity index (χ0) is 14.8. The number of nitrogens with zero attached hydrogens (tertiary/aromatic N) is 1. The summed E-state index contributed by atoms with van der Waals surface area (Å²) in [5, 5.41) is 0.